The third-order valence-corrected chi connectivity index (χ3v) is 4.07. The summed E-state index contributed by atoms with van der Waals surface area (Å²) in [7, 11) is 0. The van der Waals surface area contributed by atoms with Crippen LogP contribution in [0.5, 0.6) is 0 Å². The maximum atomic E-state index is 11.6. The van der Waals surface area contributed by atoms with E-state index in [1.54, 1.807) is 0 Å². The Morgan fingerprint density at radius 1 is 1.39 bits per heavy atom. The lowest BCUT2D eigenvalue weighted by atomic mass is 10.2. The molecule has 5 heteroatoms. The van der Waals surface area contributed by atoms with Crippen molar-refractivity contribution in [3.8, 4) is 0 Å². The Morgan fingerprint density at radius 2 is 2.11 bits per heavy atom. The molecule has 0 aromatic rings. The van der Waals surface area contributed by atoms with Crippen molar-refractivity contribution >= 4 is 17.7 Å². The predicted octanol–water partition coefficient (Wildman–Crippen LogP) is 0.930. The largest absolute Gasteiger partial charge is 0.353 e. The van der Waals surface area contributed by atoms with Crippen LogP contribution in [-0.2, 0) is 4.79 Å². The van der Waals surface area contributed by atoms with Gasteiger partial charge in [-0.05, 0) is 13.3 Å². The third-order valence-electron chi connectivity index (χ3n) is 3.12. The van der Waals surface area contributed by atoms with Crippen molar-refractivity contribution in [2.75, 3.05) is 44.2 Å². The standard InChI is InChI=1S/C13H27N3OS/c1-3-4-12(2)15-13(17)11-14-5-6-16-7-9-18-10-8-16/h12,14H,3-11H2,1-2H3,(H,15,17). The van der Waals surface area contributed by atoms with Crippen LogP contribution in [-0.4, -0.2) is 61.1 Å². The van der Waals surface area contributed by atoms with Crippen molar-refractivity contribution in [3.05, 3.63) is 0 Å². The molecule has 0 bridgehead atoms. The van der Waals surface area contributed by atoms with Crippen LogP contribution >= 0.6 is 11.8 Å². The summed E-state index contributed by atoms with van der Waals surface area (Å²) in [5, 5.41) is 6.22. The van der Waals surface area contributed by atoms with Crippen molar-refractivity contribution < 1.29 is 4.79 Å². The smallest absolute Gasteiger partial charge is 0.234 e. The van der Waals surface area contributed by atoms with Gasteiger partial charge in [-0.15, -0.1) is 0 Å². The van der Waals surface area contributed by atoms with E-state index in [4.69, 9.17) is 0 Å². The van der Waals surface area contributed by atoms with Crippen molar-refractivity contribution in [2.24, 2.45) is 0 Å². The van der Waals surface area contributed by atoms with Gasteiger partial charge in [0.05, 0.1) is 6.54 Å². The zero-order valence-corrected chi connectivity index (χ0v) is 12.5. The minimum atomic E-state index is 0.116. The van der Waals surface area contributed by atoms with Gasteiger partial charge in [-0.1, -0.05) is 13.3 Å². The Bertz CT molecular complexity index is 232. The van der Waals surface area contributed by atoms with Gasteiger partial charge >= 0.3 is 0 Å². The first-order chi connectivity index (χ1) is 8.72. The van der Waals surface area contributed by atoms with E-state index in [-0.39, 0.29) is 5.91 Å². The molecule has 1 rings (SSSR count). The van der Waals surface area contributed by atoms with Gasteiger partial charge in [-0.25, -0.2) is 0 Å². The Kier molecular flexibility index (Phi) is 8.46. The molecule has 0 aromatic carbocycles. The number of amides is 1. The molecule has 1 aliphatic heterocycles. The molecular weight excluding hydrogens is 246 g/mol. The molecule has 18 heavy (non-hydrogen) atoms. The van der Waals surface area contributed by atoms with E-state index in [0.717, 1.165) is 25.9 Å². The number of hydrogen-bond donors (Lipinski definition) is 2. The number of nitrogens with zero attached hydrogens (tertiary/aromatic N) is 1. The van der Waals surface area contributed by atoms with Crippen molar-refractivity contribution in [2.45, 2.75) is 32.7 Å². The van der Waals surface area contributed by atoms with E-state index in [9.17, 15) is 4.79 Å². The van der Waals surface area contributed by atoms with Gasteiger partial charge < -0.3 is 15.5 Å². The highest BCUT2D eigenvalue weighted by atomic mass is 32.2. The van der Waals surface area contributed by atoms with Crippen LogP contribution in [0.3, 0.4) is 0 Å². The normalized spacial score (nSPS) is 18.6. The van der Waals surface area contributed by atoms with Crippen LogP contribution in [0, 0.1) is 0 Å². The second-order valence-electron chi connectivity index (χ2n) is 4.89. The quantitative estimate of drug-likeness (QED) is 0.646. The van der Waals surface area contributed by atoms with E-state index in [1.807, 2.05) is 11.8 Å². The average molecular weight is 273 g/mol. The minimum Gasteiger partial charge on any atom is -0.353 e. The van der Waals surface area contributed by atoms with Gasteiger partial charge in [0.2, 0.25) is 5.91 Å². The van der Waals surface area contributed by atoms with E-state index in [1.165, 1.54) is 24.6 Å². The second kappa shape index (κ2) is 9.64. The summed E-state index contributed by atoms with van der Waals surface area (Å²) in [6, 6.07) is 0.295. The van der Waals surface area contributed by atoms with Crippen LogP contribution in [0.15, 0.2) is 0 Å². The van der Waals surface area contributed by atoms with Gasteiger partial charge in [-0.2, -0.15) is 11.8 Å². The summed E-state index contributed by atoms with van der Waals surface area (Å²) < 4.78 is 0. The van der Waals surface area contributed by atoms with Crippen LogP contribution < -0.4 is 10.6 Å². The zero-order chi connectivity index (χ0) is 13.2. The van der Waals surface area contributed by atoms with Gasteiger partial charge in [0.15, 0.2) is 0 Å². The molecule has 0 saturated carbocycles. The maximum absolute atomic E-state index is 11.6. The highest BCUT2D eigenvalue weighted by molar-refractivity contribution is 7.99. The Morgan fingerprint density at radius 3 is 2.78 bits per heavy atom. The molecule has 1 fully saturated rings. The summed E-state index contributed by atoms with van der Waals surface area (Å²) in [5.41, 5.74) is 0. The fourth-order valence-corrected chi connectivity index (χ4v) is 3.07. The number of carbonyl (C=O) groups is 1. The molecule has 1 heterocycles. The van der Waals surface area contributed by atoms with Gasteiger partial charge in [0, 0.05) is 43.7 Å². The summed E-state index contributed by atoms with van der Waals surface area (Å²) in [4.78, 5) is 14.0. The Hall–Kier alpha value is -0.260. The molecule has 1 saturated heterocycles. The fraction of sp³-hybridized carbons (Fsp3) is 0.923. The first-order valence-electron chi connectivity index (χ1n) is 7.02. The van der Waals surface area contributed by atoms with E-state index >= 15 is 0 Å². The average Bonchev–Trinajstić information content (AvgIpc) is 2.36. The number of hydrogen-bond acceptors (Lipinski definition) is 4. The molecule has 106 valence electrons. The number of nitrogens with one attached hydrogen (secondary N) is 2. The number of rotatable bonds is 8. The van der Waals surface area contributed by atoms with Crippen LogP contribution in [0.2, 0.25) is 0 Å². The van der Waals surface area contributed by atoms with E-state index in [2.05, 4.69) is 29.4 Å². The lowest BCUT2D eigenvalue weighted by Crippen LogP contribution is -2.42. The Balaban J connectivity index is 1.97. The highest BCUT2D eigenvalue weighted by Crippen LogP contribution is 2.07. The summed E-state index contributed by atoms with van der Waals surface area (Å²) in [6.07, 6.45) is 2.17. The lowest BCUT2D eigenvalue weighted by molar-refractivity contribution is -0.120. The topological polar surface area (TPSA) is 44.4 Å². The maximum Gasteiger partial charge on any atom is 0.234 e. The SMILES string of the molecule is CCCC(C)NC(=O)CNCCN1CCSCC1. The van der Waals surface area contributed by atoms with Crippen LogP contribution in [0.1, 0.15) is 26.7 Å². The second-order valence-corrected chi connectivity index (χ2v) is 6.11. The molecule has 1 aliphatic rings. The predicted molar refractivity (Wildman–Crippen MR) is 79.1 cm³/mol. The number of carbonyl (C=O) groups excluding carboxylic acids is 1. The van der Waals surface area contributed by atoms with Crippen molar-refractivity contribution in [3.63, 3.8) is 0 Å². The highest BCUT2D eigenvalue weighted by Gasteiger charge is 2.10. The molecule has 1 amide bonds. The summed E-state index contributed by atoms with van der Waals surface area (Å²) in [6.45, 7) is 8.97. The van der Waals surface area contributed by atoms with Crippen LogP contribution in [0.4, 0.5) is 0 Å². The molecule has 0 aromatic heterocycles. The first-order valence-corrected chi connectivity index (χ1v) is 8.18. The van der Waals surface area contributed by atoms with Gasteiger partial charge in [0.25, 0.3) is 0 Å². The van der Waals surface area contributed by atoms with Gasteiger partial charge in [-0.3, -0.25) is 4.79 Å². The summed E-state index contributed by atoms with van der Waals surface area (Å²) >= 11 is 2.03. The fourth-order valence-electron chi connectivity index (χ4n) is 2.09. The molecule has 0 aliphatic carbocycles. The molecule has 0 spiro atoms. The molecule has 1 atom stereocenters. The lowest BCUT2D eigenvalue weighted by Gasteiger charge is -2.26. The molecule has 0 radical (unpaired) electrons. The molecular formula is C13H27N3OS. The third kappa shape index (κ3) is 7.24. The zero-order valence-electron chi connectivity index (χ0n) is 11.7. The Labute approximate surface area is 115 Å². The monoisotopic (exact) mass is 273 g/mol. The minimum absolute atomic E-state index is 0.116. The van der Waals surface area contributed by atoms with Crippen LogP contribution in [0.25, 0.3) is 0 Å². The molecule has 1 unspecified atom stereocenters. The van der Waals surface area contributed by atoms with Crippen molar-refractivity contribution in [1.29, 1.82) is 0 Å². The molecule has 4 nitrogen and oxygen atoms in total. The van der Waals surface area contributed by atoms with E-state index in [0.29, 0.717) is 12.6 Å². The van der Waals surface area contributed by atoms with Gasteiger partial charge in [0.1, 0.15) is 0 Å². The first kappa shape index (κ1) is 15.8. The summed E-state index contributed by atoms with van der Waals surface area (Å²) in [5.74, 6) is 2.61. The van der Waals surface area contributed by atoms with Crippen molar-refractivity contribution in [1.82, 2.24) is 15.5 Å². The van der Waals surface area contributed by atoms with E-state index < -0.39 is 0 Å². The molecule has 2 N–H and O–H groups in total. The number of thioether (sulfide) groups is 1.